The highest BCUT2D eigenvalue weighted by Crippen LogP contribution is 2.24. The summed E-state index contributed by atoms with van der Waals surface area (Å²) in [6.07, 6.45) is 0.270. The minimum Gasteiger partial charge on any atom is -0.425 e. The first-order chi connectivity index (χ1) is 12.9. The summed E-state index contributed by atoms with van der Waals surface area (Å²) in [5.41, 5.74) is 7.35. The topological polar surface area (TPSA) is 81.4 Å². The van der Waals surface area contributed by atoms with Crippen molar-refractivity contribution >= 4 is 46.3 Å². The molecule has 7 heteroatoms. The number of hydrogen-bond donors (Lipinski definition) is 2. The second-order valence-electron chi connectivity index (χ2n) is 6.16. The molecule has 0 aromatic heterocycles. The lowest BCUT2D eigenvalue weighted by molar-refractivity contribution is -0.136. The van der Waals surface area contributed by atoms with E-state index in [0.29, 0.717) is 11.4 Å². The Morgan fingerprint density at radius 3 is 2.63 bits per heavy atom. The van der Waals surface area contributed by atoms with Crippen molar-refractivity contribution in [3.63, 3.8) is 0 Å². The van der Waals surface area contributed by atoms with Crippen molar-refractivity contribution in [3.05, 3.63) is 70.7 Å². The number of anilines is 1. The molecule has 3 aromatic rings. The molecule has 3 N–H and O–H groups in total. The van der Waals surface area contributed by atoms with Gasteiger partial charge >= 0.3 is 13.9 Å². The average molecular weight is 446 g/mol. The molecule has 0 spiro atoms. The number of nitrogen functional groups attached to an aromatic ring is 1. The molecular weight excluding hydrogens is 427 g/mol. The van der Waals surface area contributed by atoms with Gasteiger partial charge in [0.2, 0.25) is 0 Å². The monoisotopic (exact) mass is 445 g/mol. The fourth-order valence-corrected chi connectivity index (χ4v) is 3.83. The smallest absolute Gasteiger partial charge is 0.425 e. The van der Waals surface area contributed by atoms with Gasteiger partial charge in [0.1, 0.15) is 5.75 Å². The average Bonchev–Trinajstić information content (AvgIpc) is 2.63. The minimum atomic E-state index is -1.74. The van der Waals surface area contributed by atoms with Crippen LogP contribution in [0, 0.1) is 0 Å². The fourth-order valence-electron chi connectivity index (χ4n) is 2.79. The summed E-state index contributed by atoms with van der Waals surface area (Å²) in [6.45, 7) is 1.51. The number of benzene rings is 3. The van der Waals surface area contributed by atoms with Gasteiger partial charge in [-0.3, -0.25) is 0 Å². The number of fused-ring (bicyclic) bond motifs is 1. The van der Waals surface area contributed by atoms with Crippen LogP contribution in [0.4, 0.5) is 5.69 Å². The van der Waals surface area contributed by atoms with Gasteiger partial charge in [-0.05, 0) is 46.7 Å². The molecular formula is C20H19BrN2O3P+. The Bertz CT molecular complexity index is 1010. The SMILES string of the molecule is C[P+](=O)N[C@@H](Cc1cc(Br)ccc1N)C(=O)Oc1ccc2ccccc2c1. The molecule has 0 aliphatic heterocycles. The third-order valence-corrected chi connectivity index (χ3v) is 5.26. The van der Waals surface area contributed by atoms with Gasteiger partial charge in [-0.25, -0.2) is 4.79 Å². The quantitative estimate of drug-likeness (QED) is 0.249. The number of esters is 1. The first kappa shape index (κ1) is 19.5. The molecule has 0 amide bonds. The van der Waals surface area contributed by atoms with Crippen LogP contribution >= 0.6 is 23.9 Å². The lowest BCUT2D eigenvalue weighted by Gasteiger charge is -2.14. The molecule has 27 heavy (non-hydrogen) atoms. The van der Waals surface area contributed by atoms with E-state index in [2.05, 4.69) is 21.0 Å². The van der Waals surface area contributed by atoms with Gasteiger partial charge in [0.15, 0.2) is 12.7 Å². The molecule has 0 bridgehead atoms. The van der Waals surface area contributed by atoms with E-state index in [1.165, 1.54) is 6.66 Å². The van der Waals surface area contributed by atoms with Crippen LogP contribution in [0.3, 0.4) is 0 Å². The van der Waals surface area contributed by atoms with E-state index < -0.39 is 20.0 Å². The van der Waals surface area contributed by atoms with Crippen molar-refractivity contribution in [3.8, 4) is 5.75 Å². The van der Waals surface area contributed by atoms with Crippen LogP contribution in [0.5, 0.6) is 5.75 Å². The first-order valence-electron chi connectivity index (χ1n) is 8.34. The summed E-state index contributed by atoms with van der Waals surface area (Å²) in [7, 11) is -1.74. The number of nitrogens with one attached hydrogen (secondary N) is 1. The fraction of sp³-hybridized carbons (Fsp3) is 0.150. The maximum Gasteiger partial charge on any atom is 0.429 e. The van der Waals surface area contributed by atoms with E-state index in [-0.39, 0.29) is 6.42 Å². The molecule has 3 rings (SSSR count). The maximum atomic E-state index is 12.7. The summed E-state index contributed by atoms with van der Waals surface area (Å²) < 4.78 is 18.1. The van der Waals surface area contributed by atoms with Crippen LogP contribution in [0.2, 0.25) is 0 Å². The molecule has 0 radical (unpaired) electrons. The normalized spacial score (nSPS) is 12.6. The Kier molecular flexibility index (Phi) is 6.22. The zero-order valence-corrected chi connectivity index (χ0v) is 17.2. The predicted octanol–water partition coefficient (Wildman–Crippen LogP) is 4.66. The molecule has 0 aliphatic rings. The lowest BCUT2D eigenvalue weighted by atomic mass is 10.0. The van der Waals surface area contributed by atoms with E-state index in [9.17, 15) is 9.36 Å². The van der Waals surface area contributed by atoms with E-state index in [1.807, 2.05) is 48.5 Å². The van der Waals surface area contributed by atoms with Crippen molar-refractivity contribution in [1.29, 1.82) is 0 Å². The van der Waals surface area contributed by atoms with Crippen LogP contribution in [-0.2, 0) is 15.8 Å². The molecule has 0 heterocycles. The van der Waals surface area contributed by atoms with Crippen LogP contribution < -0.4 is 15.6 Å². The number of rotatable bonds is 6. The third kappa shape index (κ3) is 5.13. The molecule has 0 saturated carbocycles. The van der Waals surface area contributed by atoms with Crippen LogP contribution in [0.25, 0.3) is 10.8 Å². The van der Waals surface area contributed by atoms with Gasteiger partial charge in [0.25, 0.3) is 0 Å². The third-order valence-electron chi connectivity index (χ3n) is 4.09. The van der Waals surface area contributed by atoms with Crippen LogP contribution in [0.15, 0.2) is 65.1 Å². The highest BCUT2D eigenvalue weighted by molar-refractivity contribution is 9.10. The zero-order valence-electron chi connectivity index (χ0n) is 14.7. The van der Waals surface area contributed by atoms with Crippen molar-refractivity contribution in [2.24, 2.45) is 0 Å². The van der Waals surface area contributed by atoms with Crippen LogP contribution in [-0.4, -0.2) is 18.7 Å². The summed E-state index contributed by atoms with van der Waals surface area (Å²) in [5.74, 6) is -0.0612. The second-order valence-corrected chi connectivity index (χ2v) is 8.33. The highest BCUT2D eigenvalue weighted by atomic mass is 79.9. The van der Waals surface area contributed by atoms with Crippen molar-refractivity contribution in [2.45, 2.75) is 12.5 Å². The standard InChI is InChI=1S/C20H19BrN2O3P/c1-27(25)23-19(12-15-10-16(21)7-9-18(15)22)20(24)26-17-8-6-13-4-2-3-5-14(13)11-17/h2-11,19H,12,22H2,1H3,(H,23,25)/q+1/t19-/m0/s1. The lowest BCUT2D eigenvalue weighted by Crippen LogP contribution is -2.37. The maximum absolute atomic E-state index is 12.7. The number of nitrogens with two attached hydrogens (primary N) is 1. The summed E-state index contributed by atoms with van der Waals surface area (Å²) in [6, 6.07) is 17.9. The second kappa shape index (κ2) is 8.61. The van der Waals surface area contributed by atoms with E-state index in [1.54, 1.807) is 12.1 Å². The van der Waals surface area contributed by atoms with Gasteiger partial charge in [-0.15, -0.1) is 0 Å². The van der Waals surface area contributed by atoms with Crippen LogP contribution in [0.1, 0.15) is 5.56 Å². The van der Waals surface area contributed by atoms with Crippen molar-refractivity contribution in [2.75, 3.05) is 12.4 Å². The predicted molar refractivity (Wildman–Crippen MR) is 112 cm³/mol. The molecule has 0 fully saturated rings. The molecule has 138 valence electrons. The Morgan fingerprint density at radius 1 is 1.15 bits per heavy atom. The molecule has 5 nitrogen and oxygen atoms in total. The Balaban J connectivity index is 1.81. The molecule has 0 aliphatic carbocycles. The number of ether oxygens (including phenoxy) is 1. The largest absolute Gasteiger partial charge is 0.429 e. The highest BCUT2D eigenvalue weighted by Gasteiger charge is 2.28. The molecule has 3 aromatic carbocycles. The minimum absolute atomic E-state index is 0.270. The van der Waals surface area contributed by atoms with E-state index in [4.69, 9.17) is 10.5 Å². The molecule has 1 unspecified atom stereocenters. The van der Waals surface area contributed by atoms with Crippen molar-refractivity contribution < 1.29 is 14.1 Å². The number of hydrogen-bond acceptors (Lipinski definition) is 4. The number of halogens is 1. The van der Waals surface area contributed by atoms with E-state index in [0.717, 1.165) is 20.8 Å². The zero-order chi connectivity index (χ0) is 19.4. The van der Waals surface area contributed by atoms with Gasteiger partial charge < -0.3 is 10.5 Å². The summed E-state index contributed by atoms with van der Waals surface area (Å²) in [5, 5.41) is 4.83. The van der Waals surface area contributed by atoms with Crippen molar-refractivity contribution in [1.82, 2.24) is 5.09 Å². The van der Waals surface area contributed by atoms with Gasteiger partial charge in [-0.2, -0.15) is 0 Å². The summed E-state index contributed by atoms with van der Waals surface area (Å²) >= 11 is 3.40. The Morgan fingerprint density at radius 2 is 1.89 bits per heavy atom. The first-order valence-corrected chi connectivity index (χ1v) is 10.8. The Labute approximate surface area is 166 Å². The molecule has 0 saturated heterocycles. The Hall–Kier alpha value is -2.27. The van der Waals surface area contributed by atoms with E-state index >= 15 is 0 Å². The van der Waals surface area contributed by atoms with Gasteiger partial charge in [0, 0.05) is 16.6 Å². The number of carbonyl (C=O) groups is 1. The molecule has 2 atom stereocenters. The van der Waals surface area contributed by atoms with Gasteiger partial charge in [-0.1, -0.05) is 55.9 Å². The summed E-state index contributed by atoms with van der Waals surface area (Å²) in [4.78, 5) is 12.7. The number of carbonyl (C=O) groups excluding carboxylic acids is 1. The van der Waals surface area contributed by atoms with Gasteiger partial charge in [0.05, 0.1) is 0 Å².